The molecule has 0 saturated carbocycles. The second-order valence-electron chi connectivity index (χ2n) is 5.23. The van der Waals surface area contributed by atoms with E-state index in [1.165, 1.54) is 0 Å². The van der Waals surface area contributed by atoms with Gasteiger partial charge < -0.3 is 4.74 Å². The minimum absolute atomic E-state index is 0.179. The van der Waals surface area contributed by atoms with Crippen LogP contribution < -0.4 is 5.32 Å². The Morgan fingerprint density at radius 3 is 2.65 bits per heavy atom. The van der Waals surface area contributed by atoms with E-state index >= 15 is 0 Å². The zero-order valence-electron chi connectivity index (χ0n) is 11.6. The van der Waals surface area contributed by atoms with Crippen molar-refractivity contribution in [3.05, 3.63) is 38.9 Å². The number of carbonyl (C=O) groups excluding carboxylic acids is 1. The summed E-state index contributed by atoms with van der Waals surface area (Å²) in [6.07, 6.45) is -0.430. The first-order valence-corrected chi connectivity index (χ1v) is 6.45. The van der Waals surface area contributed by atoms with E-state index < -0.39 is 16.6 Å². The molecule has 0 atom stereocenters. The summed E-state index contributed by atoms with van der Waals surface area (Å²) in [5.74, 6) is 0. The molecule has 0 aromatic heterocycles. The molecule has 110 valence electrons. The molecule has 0 spiro atoms. The van der Waals surface area contributed by atoms with Gasteiger partial charge >= 0.3 is 6.09 Å². The van der Waals surface area contributed by atoms with Crippen LogP contribution >= 0.6 is 11.6 Å². The number of rotatable bonds is 4. The Labute approximate surface area is 122 Å². The number of nitrogens with one attached hydrogen (secondary N) is 1. The molecule has 0 aliphatic heterocycles. The highest BCUT2D eigenvalue weighted by molar-refractivity contribution is 6.30. The monoisotopic (exact) mass is 300 g/mol. The maximum Gasteiger partial charge on any atom is 0.412 e. The third-order valence-electron chi connectivity index (χ3n) is 2.27. The highest BCUT2D eigenvalue weighted by Crippen LogP contribution is 2.22. The van der Waals surface area contributed by atoms with Crippen LogP contribution in [0.15, 0.2) is 18.2 Å². The van der Waals surface area contributed by atoms with E-state index in [9.17, 15) is 14.9 Å². The van der Waals surface area contributed by atoms with Crippen molar-refractivity contribution in [3.8, 4) is 0 Å². The van der Waals surface area contributed by atoms with E-state index in [1.807, 2.05) is 0 Å². The van der Waals surface area contributed by atoms with Gasteiger partial charge in [-0.1, -0.05) is 11.6 Å². The van der Waals surface area contributed by atoms with Crippen LogP contribution in [-0.2, 0) is 11.2 Å². The summed E-state index contributed by atoms with van der Waals surface area (Å²) < 4.78 is 5.14. The molecule has 1 amide bonds. The van der Waals surface area contributed by atoms with Crippen molar-refractivity contribution in [1.82, 2.24) is 0 Å². The summed E-state index contributed by atoms with van der Waals surface area (Å²) in [6, 6.07) is 4.79. The van der Waals surface area contributed by atoms with Crippen molar-refractivity contribution in [1.29, 1.82) is 0 Å². The maximum absolute atomic E-state index is 11.7. The molecule has 0 fully saturated rings. The number of halogens is 1. The standard InChI is InChI=1S/C13H17ClN2O4/c1-13(2,3)20-12(17)15-11-5-4-10(14)8-9(11)6-7-16(18)19/h4-5,8H,6-7H2,1-3H3,(H,15,17). The van der Waals surface area contributed by atoms with Gasteiger partial charge in [-0.15, -0.1) is 0 Å². The van der Waals surface area contributed by atoms with Gasteiger partial charge in [0.1, 0.15) is 5.60 Å². The topological polar surface area (TPSA) is 81.5 Å². The van der Waals surface area contributed by atoms with Gasteiger partial charge in [0.25, 0.3) is 0 Å². The van der Waals surface area contributed by atoms with Crippen LogP contribution in [0.25, 0.3) is 0 Å². The molecule has 0 saturated heterocycles. The number of anilines is 1. The van der Waals surface area contributed by atoms with Gasteiger partial charge in [-0.25, -0.2) is 4.79 Å². The molecular weight excluding hydrogens is 284 g/mol. The van der Waals surface area contributed by atoms with E-state index in [4.69, 9.17) is 16.3 Å². The molecule has 20 heavy (non-hydrogen) atoms. The fourth-order valence-corrected chi connectivity index (χ4v) is 1.71. The zero-order chi connectivity index (χ0) is 15.3. The number of amides is 1. The van der Waals surface area contributed by atoms with Crippen LogP contribution in [0.5, 0.6) is 0 Å². The molecule has 1 rings (SSSR count). The quantitative estimate of drug-likeness (QED) is 0.681. The lowest BCUT2D eigenvalue weighted by molar-refractivity contribution is -0.479. The Kier molecular flexibility index (Phi) is 5.33. The van der Waals surface area contributed by atoms with Crippen LogP contribution in [-0.4, -0.2) is 23.2 Å². The second kappa shape index (κ2) is 6.56. The average molecular weight is 301 g/mol. The van der Waals surface area contributed by atoms with Crippen LogP contribution in [0.3, 0.4) is 0 Å². The first-order valence-electron chi connectivity index (χ1n) is 6.07. The van der Waals surface area contributed by atoms with E-state index in [1.54, 1.807) is 39.0 Å². The number of ether oxygens (including phenoxy) is 1. The van der Waals surface area contributed by atoms with Crippen LogP contribution in [0.1, 0.15) is 26.3 Å². The van der Waals surface area contributed by atoms with Gasteiger partial charge in [0, 0.05) is 22.1 Å². The van der Waals surface area contributed by atoms with Crippen molar-refractivity contribution in [2.75, 3.05) is 11.9 Å². The van der Waals surface area contributed by atoms with Crippen LogP contribution in [0.2, 0.25) is 5.02 Å². The molecule has 7 heteroatoms. The predicted molar refractivity (Wildman–Crippen MR) is 76.9 cm³/mol. The van der Waals surface area contributed by atoms with E-state index in [0.717, 1.165) is 0 Å². The molecule has 0 radical (unpaired) electrons. The van der Waals surface area contributed by atoms with Crippen molar-refractivity contribution in [2.24, 2.45) is 0 Å². The summed E-state index contributed by atoms with van der Waals surface area (Å²) >= 11 is 5.86. The molecule has 0 aliphatic carbocycles. The lowest BCUT2D eigenvalue weighted by atomic mass is 10.1. The van der Waals surface area contributed by atoms with Crippen LogP contribution in [0.4, 0.5) is 10.5 Å². The molecule has 6 nitrogen and oxygen atoms in total. The first kappa shape index (κ1) is 16.2. The van der Waals surface area contributed by atoms with E-state index in [2.05, 4.69) is 5.32 Å². The fraction of sp³-hybridized carbons (Fsp3) is 0.462. The Morgan fingerprint density at radius 2 is 2.10 bits per heavy atom. The molecule has 1 N–H and O–H groups in total. The van der Waals surface area contributed by atoms with Crippen molar-refractivity contribution < 1.29 is 14.5 Å². The fourth-order valence-electron chi connectivity index (χ4n) is 1.52. The van der Waals surface area contributed by atoms with Crippen molar-refractivity contribution in [2.45, 2.75) is 32.8 Å². The lowest BCUT2D eigenvalue weighted by Crippen LogP contribution is -2.27. The summed E-state index contributed by atoms with van der Waals surface area (Å²) in [5, 5.41) is 13.5. The smallest absolute Gasteiger partial charge is 0.412 e. The number of hydrogen-bond donors (Lipinski definition) is 1. The molecule has 1 aromatic rings. The number of carbonyl (C=O) groups is 1. The molecule has 0 bridgehead atoms. The minimum atomic E-state index is -0.614. The van der Waals surface area contributed by atoms with Gasteiger partial charge in [-0.3, -0.25) is 15.4 Å². The highest BCUT2D eigenvalue weighted by atomic mass is 35.5. The zero-order valence-corrected chi connectivity index (χ0v) is 12.4. The number of nitrogens with zero attached hydrogens (tertiary/aromatic N) is 1. The summed E-state index contributed by atoms with van der Waals surface area (Å²) in [7, 11) is 0. The third kappa shape index (κ3) is 5.88. The molecular formula is C13H17ClN2O4. The normalized spacial score (nSPS) is 11.0. The number of benzene rings is 1. The number of nitro groups is 1. The summed E-state index contributed by atoms with van der Waals surface area (Å²) in [5.41, 5.74) is 0.447. The predicted octanol–water partition coefficient (Wildman–Crippen LogP) is 3.51. The van der Waals surface area contributed by atoms with Gasteiger partial charge in [0.05, 0.1) is 0 Å². The van der Waals surface area contributed by atoms with Gasteiger partial charge in [-0.2, -0.15) is 0 Å². The first-order chi connectivity index (χ1) is 9.17. The number of hydrogen-bond acceptors (Lipinski definition) is 4. The second-order valence-corrected chi connectivity index (χ2v) is 5.67. The largest absolute Gasteiger partial charge is 0.444 e. The Bertz CT molecular complexity index is 512. The minimum Gasteiger partial charge on any atom is -0.444 e. The highest BCUT2D eigenvalue weighted by Gasteiger charge is 2.17. The lowest BCUT2D eigenvalue weighted by Gasteiger charge is -2.20. The van der Waals surface area contributed by atoms with Crippen molar-refractivity contribution in [3.63, 3.8) is 0 Å². The Hall–Kier alpha value is -1.82. The molecule has 0 aliphatic rings. The van der Waals surface area contributed by atoms with E-state index in [-0.39, 0.29) is 13.0 Å². The SMILES string of the molecule is CC(C)(C)OC(=O)Nc1ccc(Cl)cc1CC[N+](=O)[O-]. The molecule has 0 unspecified atom stereocenters. The molecule has 0 heterocycles. The Morgan fingerprint density at radius 1 is 1.45 bits per heavy atom. The van der Waals surface area contributed by atoms with Crippen LogP contribution in [0, 0.1) is 10.1 Å². The van der Waals surface area contributed by atoms with Gasteiger partial charge in [-0.05, 0) is 44.5 Å². The Balaban J connectivity index is 2.83. The third-order valence-corrected chi connectivity index (χ3v) is 2.50. The maximum atomic E-state index is 11.7. The summed E-state index contributed by atoms with van der Waals surface area (Å²) in [4.78, 5) is 21.7. The van der Waals surface area contributed by atoms with Gasteiger partial charge in [0.2, 0.25) is 6.54 Å². The van der Waals surface area contributed by atoms with Gasteiger partial charge in [0.15, 0.2) is 0 Å². The summed E-state index contributed by atoms with van der Waals surface area (Å²) in [6.45, 7) is 5.02. The average Bonchev–Trinajstić information content (AvgIpc) is 2.26. The van der Waals surface area contributed by atoms with Crippen molar-refractivity contribution >= 4 is 23.4 Å². The van der Waals surface area contributed by atoms with E-state index in [0.29, 0.717) is 16.3 Å². The molecule has 1 aromatic carbocycles.